The van der Waals surface area contributed by atoms with Crippen LogP contribution in [0.15, 0.2) is 24.3 Å². The first kappa shape index (κ1) is 16.1. The van der Waals surface area contributed by atoms with Crippen molar-refractivity contribution < 1.29 is 19.4 Å². The quantitative estimate of drug-likeness (QED) is 0.640. The molecule has 0 fully saturated rings. The molecule has 20 heavy (non-hydrogen) atoms. The second-order valence-electron chi connectivity index (χ2n) is 4.40. The van der Waals surface area contributed by atoms with Crippen LogP contribution in [0.4, 0.5) is 0 Å². The summed E-state index contributed by atoms with van der Waals surface area (Å²) >= 11 is 0. The van der Waals surface area contributed by atoms with Crippen LogP contribution in [0.25, 0.3) is 0 Å². The lowest BCUT2D eigenvalue weighted by Crippen LogP contribution is -2.33. The maximum absolute atomic E-state index is 11.6. The van der Waals surface area contributed by atoms with Crippen LogP contribution in [-0.2, 0) is 16.0 Å². The van der Waals surface area contributed by atoms with Gasteiger partial charge in [0.15, 0.2) is 0 Å². The van der Waals surface area contributed by atoms with Crippen molar-refractivity contribution in [2.75, 3.05) is 20.2 Å². The maximum Gasteiger partial charge on any atom is 0.335 e. The van der Waals surface area contributed by atoms with E-state index in [0.29, 0.717) is 19.5 Å². The zero-order valence-corrected chi connectivity index (χ0v) is 11.5. The molecule has 0 saturated carbocycles. The highest BCUT2D eigenvalue weighted by atomic mass is 16.5. The molecule has 0 bridgehead atoms. The Morgan fingerprint density at radius 3 is 2.80 bits per heavy atom. The number of hydrogen-bond acceptors (Lipinski definition) is 4. The van der Waals surface area contributed by atoms with Crippen molar-refractivity contribution in [1.29, 1.82) is 0 Å². The second kappa shape index (κ2) is 8.29. The van der Waals surface area contributed by atoms with Gasteiger partial charge in [-0.3, -0.25) is 4.79 Å². The summed E-state index contributed by atoms with van der Waals surface area (Å²) < 4.78 is 5.03. The highest BCUT2D eigenvalue weighted by Gasteiger charge is 2.10. The third-order valence-corrected chi connectivity index (χ3v) is 2.92. The Balaban J connectivity index is 2.39. The molecule has 0 aliphatic carbocycles. The summed E-state index contributed by atoms with van der Waals surface area (Å²) in [6.07, 6.45) is 0.528. The molecule has 0 radical (unpaired) electrons. The zero-order chi connectivity index (χ0) is 15.0. The fraction of sp³-hybridized carbons (Fsp3) is 0.429. The molecule has 1 aromatic carbocycles. The van der Waals surface area contributed by atoms with Crippen molar-refractivity contribution in [2.45, 2.75) is 18.9 Å². The molecular weight excluding hydrogens is 260 g/mol. The molecular formula is C14H20N2O4. The van der Waals surface area contributed by atoms with Gasteiger partial charge in [0.25, 0.3) is 0 Å². The van der Waals surface area contributed by atoms with E-state index < -0.39 is 5.97 Å². The number of carboxylic acid groups (broad SMARTS) is 1. The van der Waals surface area contributed by atoms with E-state index in [-0.39, 0.29) is 24.0 Å². The van der Waals surface area contributed by atoms with Gasteiger partial charge >= 0.3 is 5.97 Å². The van der Waals surface area contributed by atoms with Gasteiger partial charge < -0.3 is 20.9 Å². The Morgan fingerprint density at radius 1 is 1.45 bits per heavy atom. The maximum atomic E-state index is 11.6. The Bertz CT molecular complexity index is 458. The number of nitrogens with two attached hydrogens (primary N) is 1. The molecule has 1 amide bonds. The van der Waals surface area contributed by atoms with Crippen LogP contribution >= 0.6 is 0 Å². The number of rotatable bonds is 8. The van der Waals surface area contributed by atoms with Crippen LogP contribution in [0.5, 0.6) is 0 Å². The number of amides is 1. The molecule has 6 nitrogen and oxygen atoms in total. The number of benzene rings is 1. The Labute approximate surface area is 117 Å². The number of carbonyl (C=O) groups is 2. The van der Waals surface area contributed by atoms with Gasteiger partial charge in [-0.05, 0) is 24.1 Å². The van der Waals surface area contributed by atoms with Crippen molar-refractivity contribution in [2.24, 2.45) is 5.73 Å². The van der Waals surface area contributed by atoms with Gasteiger partial charge in [-0.15, -0.1) is 0 Å². The monoisotopic (exact) mass is 280 g/mol. The molecule has 110 valence electrons. The van der Waals surface area contributed by atoms with Gasteiger partial charge in [0.2, 0.25) is 5.91 Å². The normalized spacial score (nSPS) is 11.9. The molecule has 1 rings (SSSR count). The van der Waals surface area contributed by atoms with Crippen molar-refractivity contribution in [3.05, 3.63) is 35.4 Å². The molecule has 0 aliphatic heterocycles. The summed E-state index contributed by atoms with van der Waals surface area (Å²) in [5.41, 5.74) is 6.55. The minimum atomic E-state index is -0.957. The molecule has 1 aromatic rings. The van der Waals surface area contributed by atoms with Crippen LogP contribution in [0.2, 0.25) is 0 Å². The lowest BCUT2D eigenvalue weighted by Gasteiger charge is -2.12. The number of methoxy groups -OCH3 is 1. The first-order valence-electron chi connectivity index (χ1n) is 6.38. The largest absolute Gasteiger partial charge is 0.478 e. The minimum absolute atomic E-state index is 0.128. The van der Waals surface area contributed by atoms with E-state index in [1.165, 1.54) is 13.2 Å². The third kappa shape index (κ3) is 5.38. The summed E-state index contributed by atoms with van der Waals surface area (Å²) in [5, 5.41) is 11.6. The molecule has 6 heteroatoms. The first-order chi connectivity index (χ1) is 9.56. The minimum Gasteiger partial charge on any atom is -0.478 e. The number of aromatic carboxylic acids is 1. The number of ether oxygens (including phenoxy) is 1. The van der Waals surface area contributed by atoms with Crippen molar-refractivity contribution in [3.8, 4) is 0 Å². The SMILES string of the molecule is COC(CN)CC(=O)NCCc1cccc(C(=O)O)c1. The van der Waals surface area contributed by atoms with Crippen LogP contribution in [0, 0.1) is 0 Å². The summed E-state index contributed by atoms with van der Waals surface area (Å²) in [7, 11) is 1.52. The predicted molar refractivity (Wildman–Crippen MR) is 74.6 cm³/mol. The van der Waals surface area contributed by atoms with E-state index in [1.54, 1.807) is 12.1 Å². The Morgan fingerprint density at radius 2 is 2.20 bits per heavy atom. The highest BCUT2D eigenvalue weighted by molar-refractivity contribution is 5.87. The zero-order valence-electron chi connectivity index (χ0n) is 11.5. The number of carbonyl (C=O) groups excluding carboxylic acids is 1. The summed E-state index contributed by atoms with van der Waals surface area (Å²) in [6, 6.07) is 6.66. The number of nitrogens with one attached hydrogen (secondary N) is 1. The molecule has 0 saturated heterocycles. The number of hydrogen-bond donors (Lipinski definition) is 3. The lowest BCUT2D eigenvalue weighted by molar-refractivity contribution is -0.123. The lowest BCUT2D eigenvalue weighted by atomic mass is 10.1. The average molecular weight is 280 g/mol. The molecule has 0 aromatic heterocycles. The van der Waals surface area contributed by atoms with E-state index in [2.05, 4.69) is 5.32 Å². The smallest absolute Gasteiger partial charge is 0.335 e. The van der Waals surface area contributed by atoms with Gasteiger partial charge in [0.1, 0.15) is 0 Å². The van der Waals surface area contributed by atoms with Crippen molar-refractivity contribution in [3.63, 3.8) is 0 Å². The van der Waals surface area contributed by atoms with Gasteiger partial charge in [0, 0.05) is 20.2 Å². The van der Waals surface area contributed by atoms with Crippen LogP contribution in [0.1, 0.15) is 22.3 Å². The van der Waals surface area contributed by atoms with Crippen molar-refractivity contribution in [1.82, 2.24) is 5.32 Å². The number of carboxylic acids is 1. The van der Waals surface area contributed by atoms with Crippen LogP contribution in [-0.4, -0.2) is 43.3 Å². The molecule has 0 aliphatic rings. The topological polar surface area (TPSA) is 102 Å². The van der Waals surface area contributed by atoms with Crippen molar-refractivity contribution >= 4 is 11.9 Å². The second-order valence-corrected chi connectivity index (χ2v) is 4.40. The third-order valence-electron chi connectivity index (χ3n) is 2.92. The predicted octanol–water partition coefficient (Wildman–Crippen LogP) is 0.407. The Kier molecular flexibility index (Phi) is 6.69. The first-order valence-corrected chi connectivity index (χ1v) is 6.38. The van der Waals surface area contributed by atoms with E-state index in [1.807, 2.05) is 6.07 Å². The van der Waals surface area contributed by atoms with Gasteiger partial charge in [-0.1, -0.05) is 12.1 Å². The van der Waals surface area contributed by atoms with Gasteiger partial charge in [-0.2, -0.15) is 0 Å². The molecule has 4 N–H and O–H groups in total. The van der Waals surface area contributed by atoms with Gasteiger partial charge in [0.05, 0.1) is 18.1 Å². The fourth-order valence-corrected chi connectivity index (χ4v) is 1.75. The van der Waals surface area contributed by atoms with Crippen LogP contribution in [0.3, 0.4) is 0 Å². The molecule has 1 unspecified atom stereocenters. The molecule has 0 spiro atoms. The fourth-order valence-electron chi connectivity index (χ4n) is 1.75. The molecule has 1 atom stereocenters. The summed E-state index contributed by atoms with van der Waals surface area (Å²) in [5.74, 6) is -1.08. The standard InChI is InChI=1S/C14H20N2O4/c1-20-12(9-15)8-13(17)16-6-5-10-3-2-4-11(7-10)14(18)19/h2-4,7,12H,5-6,8-9,15H2,1H3,(H,16,17)(H,18,19). The average Bonchev–Trinajstić information content (AvgIpc) is 2.45. The Hall–Kier alpha value is -1.92. The van der Waals surface area contributed by atoms with Gasteiger partial charge in [-0.25, -0.2) is 4.79 Å². The highest BCUT2D eigenvalue weighted by Crippen LogP contribution is 2.05. The van der Waals surface area contributed by atoms with E-state index in [0.717, 1.165) is 5.56 Å². The summed E-state index contributed by atoms with van der Waals surface area (Å²) in [4.78, 5) is 22.4. The van der Waals surface area contributed by atoms with E-state index >= 15 is 0 Å². The van der Waals surface area contributed by atoms with E-state index in [9.17, 15) is 9.59 Å². The van der Waals surface area contributed by atoms with E-state index in [4.69, 9.17) is 15.6 Å². The summed E-state index contributed by atoms with van der Waals surface area (Å²) in [6.45, 7) is 0.744. The van der Waals surface area contributed by atoms with Crippen LogP contribution < -0.4 is 11.1 Å². The molecule has 0 heterocycles.